The van der Waals surface area contributed by atoms with Crippen molar-refractivity contribution in [2.45, 2.75) is 0 Å². The van der Waals surface area contributed by atoms with Gasteiger partial charge in [0.1, 0.15) is 0 Å². The van der Waals surface area contributed by atoms with Crippen molar-refractivity contribution in [1.29, 1.82) is 0 Å². The molecular formula is CH2CeO4-2. The topological polar surface area (TPSA) is 94.7 Å². The smallest absolute Gasteiger partial charge is 0 e. The van der Waals surface area contributed by atoms with Crippen LogP contribution in [0.2, 0.25) is 0 Å². The minimum atomic E-state index is -2.33. The molecule has 4 nitrogen and oxygen atoms in total. The summed E-state index contributed by atoms with van der Waals surface area (Å²) in [6.07, 6.45) is -2.33. The third-order valence-corrected chi connectivity index (χ3v) is 0. The van der Waals surface area contributed by atoms with Crippen LogP contribution >= 0.6 is 0 Å². The molecule has 0 atom stereocenters. The Morgan fingerprint density at radius 3 is 1.33 bits per heavy atom. The fraction of sp³-hybridized carbons (Fsp3) is 0. The molecule has 5 heteroatoms. The third kappa shape index (κ3) is 163. The molecule has 0 aromatic heterocycles. The van der Waals surface area contributed by atoms with E-state index in [1.54, 1.807) is 0 Å². The van der Waals surface area contributed by atoms with Crippen LogP contribution in [0.25, 0.3) is 0 Å². The zero-order valence-electron chi connectivity index (χ0n) is 2.72. The molecule has 0 aromatic rings. The molecule has 0 radical (unpaired) electrons. The van der Waals surface area contributed by atoms with Crippen LogP contribution in [-0.2, 0) is 0 Å². The molecule has 36 valence electrons. The van der Waals surface area contributed by atoms with Crippen molar-refractivity contribution in [3.05, 3.63) is 0 Å². The van der Waals surface area contributed by atoms with Crippen LogP contribution in [0.4, 0.5) is 4.79 Å². The molecule has 0 aliphatic heterocycles. The molecule has 0 rings (SSSR count). The van der Waals surface area contributed by atoms with Gasteiger partial charge in [-0.25, -0.2) is 0 Å². The van der Waals surface area contributed by atoms with Crippen molar-refractivity contribution in [3.63, 3.8) is 0 Å². The van der Waals surface area contributed by atoms with Crippen LogP contribution < -0.4 is 10.2 Å². The molecule has 0 aromatic carbocycles. The average molecular weight is 218 g/mol. The second-order valence-electron chi connectivity index (χ2n) is 0.250. The van der Waals surface area contributed by atoms with Gasteiger partial charge in [0.05, 0.1) is 0 Å². The van der Waals surface area contributed by atoms with Crippen molar-refractivity contribution in [2.75, 3.05) is 0 Å². The maximum absolute atomic E-state index is 8.33. The van der Waals surface area contributed by atoms with Gasteiger partial charge in [-0.05, 0) is 6.16 Å². The number of carbonyl (C=O) groups is 1. The number of hydrogen-bond acceptors (Lipinski definition) is 3. The number of rotatable bonds is 0. The molecule has 0 aliphatic rings. The molecule has 0 fully saturated rings. The maximum atomic E-state index is 8.33. The number of carbonyl (C=O) groups excluding carboxylic acids is 1. The molecule has 0 saturated heterocycles. The van der Waals surface area contributed by atoms with Gasteiger partial charge in [0.15, 0.2) is 0 Å². The van der Waals surface area contributed by atoms with E-state index in [0.29, 0.717) is 0 Å². The Labute approximate surface area is 67.9 Å². The van der Waals surface area contributed by atoms with Gasteiger partial charge in [0.2, 0.25) is 0 Å². The van der Waals surface area contributed by atoms with Gasteiger partial charge in [0, 0.05) is 41.7 Å². The zero-order chi connectivity index (χ0) is 3.58. The first-order chi connectivity index (χ1) is 1.73. The van der Waals surface area contributed by atoms with E-state index in [0.717, 1.165) is 0 Å². The molecule has 0 saturated carbocycles. The molecule has 2 N–H and O–H groups in total. The summed E-state index contributed by atoms with van der Waals surface area (Å²) < 4.78 is 0. The monoisotopic (exact) mass is 218 g/mol. The van der Waals surface area contributed by atoms with E-state index >= 15 is 0 Å². The van der Waals surface area contributed by atoms with Gasteiger partial charge in [-0.3, -0.25) is 0 Å². The summed E-state index contributed by atoms with van der Waals surface area (Å²) in [7, 11) is 0. The van der Waals surface area contributed by atoms with Crippen LogP contribution in [0.15, 0.2) is 0 Å². The first kappa shape index (κ1) is 16.0. The summed E-state index contributed by atoms with van der Waals surface area (Å²) >= 11 is 0. The Kier molecular flexibility index (Phi) is 24.3. The van der Waals surface area contributed by atoms with E-state index in [1.165, 1.54) is 0 Å². The summed E-state index contributed by atoms with van der Waals surface area (Å²) in [6.45, 7) is 0. The molecule has 0 aliphatic carbocycles. The standard InChI is InChI=1S/CH2O3.Ce.H2O/c2-1(3)4;;/h(H2,2,3,4);;1H2/p-2. The Morgan fingerprint density at radius 1 is 1.33 bits per heavy atom. The van der Waals surface area contributed by atoms with Crippen molar-refractivity contribution < 1.29 is 62.2 Å². The normalized spacial score (nSPS) is 4.00. The van der Waals surface area contributed by atoms with Gasteiger partial charge in [0.25, 0.3) is 0 Å². The summed E-state index contributed by atoms with van der Waals surface area (Å²) in [5.74, 6) is 0. The Balaban J connectivity index is -0.0000000450. The molecule has 0 spiro atoms. The van der Waals surface area contributed by atoms with Crippen LogP contribution in [-0.4, -0.2) is 11.6 Å². The molecule has 6 heavy (non-hydrogen) atoms. The number of hydrogen-bond donors (Lipinski definition) is 0. The summed E-state index contributed by atoms with van der Waals surface area (Å²) in [5.41, 5.74) is 0. The van der Waals surface area contributed by atoms with Gasteiger partial charge in [-0.1, -0.05) is 0 Å². The summed E-state index contributed by atoms with van der Waals surface area (Å²) in [5, 5.41) is 16.7. The second-order valence-corrected chi connectivity index (χ2v) is 0.250. The molecule has 0 heterocycles. The average Bonchev–Trinajstić information content (AvgIpc) is 0.811. The van der Waals surface area contributed by atoms with E-state index in [2.05, 4.69) is 0 Å². The van der Waals surface area contributed by atoms with Crippen LogP contribution in [0, 0.1) is 41.7 Å². The number of carboxylic acid groups (broad SMARTS) is 2. The van der Waals surface area contributed by atoms with Crippen molar-refractivity contribution >= 4 is 6.16 Å². The summed E-state index contributed by atoms with van der Waals surface area (Å²) in [4.78, 5) is 8.33. The summed E-state index contributed by atoms with van der Waals surface area (Å²) in [6, 6.07) is 0. The fourth-order valence-electron chi connectivity index (χ4n) is 0. The SMILES string of the molecule is O.O=C([O-])[O-].[Ce]. The Bertz CT molecular complexity index is 30.5. The first-order valence-electron chi connectivity index (χ1n) is 0.612. The largest absolute Gasteiger partial charge is 0.652 e. The van der Waals surface area contributed by atoms with E-state index in [1.807, 2.05) is 0 Å². The minimum Gasteiger partial charge on any atom is -0.652 e. The van der Waals surface area contributed by atoms with Gasteiger partial charge in [-0.15, -0.1) is 0 Å². The van der Waals surface area contributed by atoms with Crippen molar-refractivity contribution in [1.82, 2.24) is 0 Å². The molecule has 0 bridgehead atoms. The van der Waals surface area contributed by atoms with Crippen LogP contribution in [0.1, 0.15) is 0 Å². The predicted octanol–water partition coefficient (Wildman–Crippen LogP) is -3.27. The zero-order valence-corrected chi connectivity index (χ0v) is 5.86. The Hall–Kier alpha value is 0.607. The maximum Gasteiger partial charge on any atom is 0 e. The van der Waals surface area contributed by atoms with E-state index in [4.69, 9.17) is 15.0 Å². The van der Waals surface area contributed by atoms with Gasteiger partial charge >= 0.3 is 0 Å². The van der Waals surface area contributed by atoms with Crippen molar-refractivity contribution in [3.8, 4) is 0 Å². The third-order valence-electron chi connectivity index (χ3n) is 0. The van der Waals surface area contributed by atoms with Crippen molar-refractivity contribution in [2.24, 2.45) is 0 Å². The van der Waals surface area contributed by atoms with Gasteiger partial charge in [-0.2, -0.15) is 0 Å². The van der Waals surface area contributed by atoms with Crippen LogP contribution in [0.3, 0.4) is 0 Å². The fourth-order valence-corrected chi connectivity index (χ4v) is 0. The molecule has 0 amide bonds. The van der Waals surface area contributed by atoms with E-state index < -0.39 is 6.16 Å². The van der Waals surface area contributed by atoms with Crippen LogP contribution in [0.5, 0.6) is 0 Å². The molecular weight excluding hydrogens is 216 g/mol. The quantitative estimate of drug-likeness (QED) is 0.426. The van der Waals surface area contributed by atoms with E-state index in [-0.39, 0.29) is 47.2 Å². The molecule has 0 unspecified atom stereocenters. The first-order valence-corrected chi connectivity index (χ1v) is 0.612. The minimum absolute atomic E-state index is 0. The van der Waals surface area contributed by atoms with E-state index in [9.17, 15) is 0 Å². The Morgan fingerprint density at radius 2 is 1.33 bits per heavy atom. The van der Waals surface area contributed by atoms with Gasteiger partial charge < -0.3 is 20.5 Å². The predicted molar refractivity (Wildman–Crippen MR) is 9.01 cm³/mol. The second kappa shape index (κ2) is 9.15.